The third-order valence-electron chi connectivity index (χ3n) is 3.17. The average Bonchev–Trinajstić information content (AvgIpc) is 2.37. The van der Waals surface area contributed by atoms with Gasteiger partial charge in [0.15, 0.2) is 0 Å². The summed E-state index contributed by atoms with van der Waals surface area (Å²) < 4.78 is 5.12. The lowest BCUT2D eigenvalue weighted by Crippen LogP contribution is -2.29. The SMILES string of the molecule is CCCCCCCCC(CNCC)C(=O)OCC. The molecule has 3 nitrogen and oxygen atoms in total. The molecular weight excluding hydrogens is 226 g/mol. The molecule has 0 spiro atoms. The van der Waals surface area contributed by atoms with Gasteiger partial charge in [-0.2, -0.15) is 0 Å². The number of rotatable bonds is 12. The van der Waals surface area contributed by atoms with Crippen molar-refractivity contribution in [3.8, 4) is 0 Å². The van der Waals surface area contributed by atoms with Crippen LogP contribution in [0.2, 0.25) is 0 Å². The van der Waals surface area contributed by atoms with E-state index in [1.807, 2.05) is 6.92 Å². The molecule has 0 rings (SSSR count). The van der Waals surface area contributed by atoms with Crippen molar-refractivity contribution in [2.45, 2.75) is 65.7 Å². The number of esters is 1. The summed E-state index contributed by atoms with van der Waals surface area (Å²) in [7, 11) is 0. The lowest BCUT2D eigenvalue weighted by atomic mass is 10.00. The van der Waals surface area contributed by atoms with Crippen molar-refractivity contribution in [2.75, 3.05) is 19.7 Å². The van der Waals surface area contributed by atoms with E-state index in [1.165, 1.54) is 32.1 Å². The van der Waals surface area contributed by atoms with Gasteiger partial charge in [-0.1, -0.05) is 52.4 Å². The standard InChI is InChI=1S/C15H31NO2/c1-4-7-8-9-10-11-12-14(13-16-5-2)15(17)18-6-3/h14,16H,4-13H2,1-3H3. The van der Waals surface area contributed by atoms with Gasteiger partial charge in [0.1, 0.15) is 0 Å². The summed E-state index contributed by atoms with van der Waals surface area (Å²) in [6.45, 7) is 8.31. The Balaban J connectivity index is 3.75. The van der Waals surface area contributed by atoms with Crippen LogP contribution in [-0.2, 0) is 9.53 Å². The lowest BCUT2D eigenvalue weighted by Gasteiger charge is -2.15. The molecule has 3 heteroatoms. The molecule has 0 saturated heterocycles. The number of hydrogen-bond donors (Lipinski definition) is 1. The van der Waals surface area contributed by atoms with Crippen molar-refractivity contribution in [2.24, 2.45) is 5.92 Å². The second kappa shape index (κ2) is 12.9. The summed E-state index contributed by atoms with van der Waals surface area (Å²) >= 11 is 0. The van der Waals surface area contributed by atoms with Gasteiger partial charge in [-0.15, -0.1) is 0 Å². The number of carbonyl (C=O) groups excluding carboxylic acids is 1. The van der Waals surface area contributed by atoms with Crippen LogP contribution in [0.3, 0.4) is 0 Å². The maximum absolute atomic E-state index is 11.8. The molecule has 0 fully saturated rings. The van der Waals surface area contributed by atoms with Crippen molar-refractivity contribution in [3.05, 3.63) is 0 Å². The quantitative estimate of drug-likeness (QED) is 0.429. The number of nitrogens with one attached hydrogen (secondary N) is 1. The topological polar surface area (TPSA) is 38.3 Å². The van der Waals surface area contributed by atoms with E-state index in [2.05, 4.69) is 19.2 Å². The summed E-state index contributed by atoms with van der Waals surface area (Å²) in [6, 6.07) is 0. The van der Waals surface area contributed by atoms with E-state index in [9.17, 15) is 4.79 Å². The van der Waals surface area contributed by atoms with E-state index < -0.39 is 0 Å². The maximum atomic E-state index is 11.8. The van der Waals surface area contributed by atoms with Crippen LogP contribution in [0.4, 0.5) is 0 Å². The van der Waals surface area contributed by atoms with Crippen molar-refractivity contribution in [1.82, 2.24) is 5.32 Å². The Bertz CT molecular complexity index is 195. The third-order valence-corrected chi connectivity index (χ3v) is 3.17. The summed E-state index contributed by atoms with van der Waals surface area (Å²) in [6.07, 6.45) is 8.57. The predicted molar refractivity (Wildman–Crippen MR) is 76.7 cm³/mol. The summed E-state index contributed by atoms with van der Waals surface area (Å²) in [5, 5.41) is 3.25. The molecule has 18 heavy (non-hydrogen) atoms. The second-order valence-electron chi connectivity index (χ2n) is 4.81. The average molecular weight is 257 g/mol. The minimum absolute atomic E-state index is 0.0352. The smallest absolute Gasteiger partial charge is 0.310 e. The summed E-state index contributed by atoms with van der Waals surface area (Å²) in [5.41, 5.74) is 0. The van der Waals surface area contributed by atoms with Gasteiger partial charge in [-0.25, -0.2) is 0 Å². The van der Waals surface area contributed by atoms with Crippen LogP contribution in [-0.4, -0.2) is 25.7 Å². The van der Waals surface area contributed by atoms with Crippen molar-refractivity contribution >= 4 is 5.97 Å². The van der Waals surface area contributed by atoms with Crippen LogP contribution >= 0.6 is 0 Å². The molecule has 0 heterocycles. The highest BCUT2D eigenvalue weighted by Crippen LogP contribution is 2.13. The van der Waals surface area contributed by atoms with Gasteiger partial charge in [0.2, 0.25) is 0 Å². The Labute approximate surface area is 113 Å². The molecule has 0 radical (unpaired) electrons. The fourth-order valence-corrected chi connectivity index (χ4v) is 2.05. The first-order valence-electron chi connectivity index (χ1n) is 7.63. The Morgan fingerprint density at radius 2 is 1.72 bits per heavy atom. The minimum Gasteiger partial charge on any atom is -0.466 e. The molecule has 0 amide bonds. The Hall–Kier alpha value is -0.570. The van der Waals surface area contributed by atoms with Crippen LogP contribution in [0, 0.1) is 5.92 Å². The summed E-state index contributed by atoms with van der Waals surface area (Å²) in [4.78, 5) is 11.8. The Morgan fingerprint density at radius 1 is 1.06 bits per heavy atom. The van der Waals surface area contributed by atoms with Crippen molar-refractivity contribution in [3.63, 3.8) is 0 Å². The van der Waals surface area contributed by atoms with E-state index in [4.69, 9.17) is 4.74 Å². The number of carbonyl (C=O) groups is 1. The fourth-order valence-electron chi connectivity index (χ4n) is 2.05. The zero-order chi connectivity index (χ0) is 13.6. The van der Waals surface area contributed by atoms with Crippen molar-refractivity contribution < 1.29 is 9.53 Å². The molecular formula is C15H31NO2. The molecule has 0 aromatic carbocycles. The maximum Gasteiger partial charge on any atom is 0.310 e. The highest BCUT2D eigenvalue weighted by atomic mass is 16.5. The van der Waals surface area contributed by atoms with Gasteiger partial charge in [-0.05, 0) is 19.9 Å². The van der Waals surface area contributed by atoms with E-state index in [0.29, 0.717) is 6.61 Å². The van der Waals surface area contributed by atoms with Gasteiger partial charge in [0.25, 0.3) is 0 Å². The predicted octanol–water partition coefficient (Wildman–Crippen LogP) is 3.53. The first-order chi connectivity index (χ1) is 8.76. The third kappa shape index (κ3) is 9.46. The van der Waals surface area contributed by atoms with Gasteiger partial charge < -0.3 is 10.1 Å². The molecule has 1 atom stereocenters. The molecule has 1 N–H and O–H groups in total. The van der Waals surface area contributed by atoms with Crippen LogP contribution in [0.25, 0.3) is 0 Å². The zero-order valence-electron chi connectivity index (χ0n) is 12.5. The van der Waals surface area contributed by atoms with Crippen molar-refractivity contribution in [1.29, 1.82) is 0 Å². The number of unbranched alkanes of at least 4 members (excludes halogenated alkanes) is 5. The Kier molecular flexibility index (Phi) is 12.5. The van der Waals surface area contributed by atoms with Gasteiger partial charge in [-0.3, -0.25) is 4.79 Å². The molecule has 0 aliphatic carbocycles. The molecule has 0 aliphatic heterocycles. The van der Waals surface area contributed by atoms with Crippen LogP contribution in [0.5, 0.6) is 0 Å². The van der Waals surface area contributed by atoms with Gasteiger partial charge in [0, 0.05) is 6.54 Å². The van der Waals surface area contributed by atoms with E-state index in [1.54, 1.807) is 0 Å². The molecule has 0 aliphatic rings. The normalized spacial score (nSPS) is 12.4. The molecule has 0 saturated carbocycles. The molecule has 0 bridgehead atoms. The van der Waals surface area contributed by atoms with E-state index in [0.717, 1.165) is 25.9 Å². The second-order valence-corrected chi connectivity index (χ2v) is 4.81. The molecule has 1 unspecified atom stereocenters. The first-order valence-corrected chi connectivity index (χ1v) is 7.63. The largest absolute Gasteiger partial charge is 0.466 e. The molecule has 108 valence electrons. The van der Waals surface area contributed by atoms with Crippen LogP contribution < -0.4 is 5.32 Å². The number of hydrogen-bond acceptors (Lipinski definition) is 3. The van der Waals surface area contributed by atoms with Gasteiger partial charge in [0.05, 0.1) is 12.5 Å². The Morgan fingerprint density at radius 3 is 2.33 bits per heavy atom. The fraction of sp³-hybridized carbons (Fsp3) is 0.933. The first kappa shape index (κ1) is 17.4. The zero-order valence-corrected chi connectivity index (χ0v) is 12.5. The summed E-state index contributed by atoms with van der Waals surface area (Å²) in [5.74, 6) is 0.00285. The monoisotopic (exact) mass is 257 g/mol. The molecule has 0 aromatic rings. The number of ether oxygens (including phenoxy) is 1. The lowest BCUT2D eigenvalue weighted by molar-refractivity contribution is -0.148. The molecule has 0 aromatic heterocycles. The highest BCUT2D eigenvalue weighted by molar-refractivity contribution is 5.72. The van der Waals surface area contributed by atoms with Gasteiger partial charge >= 0.3 is 5.97 Å². The van der Waals surface area contributed by atoms with E-state index >= 15 is 0 Å². The van der Waals surface area contributed by atoms with E-state index in [-0.39, 0.29) is 11.9 Å². The van der Waals surface area contributed by atoms with Crippen LogP contribution in [0.1, 0.15) is 65.7 Å². The minimum atomic E-state index is -0.0352. The van der Waals surface area contributed by atoms with Crippen LogP contribution in [0.15, 0.2) is 0 Å². The highest BCUT2D eigenvalue weighted by Gasteiger charge is 2.18.